The normalized spacial score (nSPS) is 26.7. The van der Waals surface area contributed by atoms with Crippen LogP contribution in [0.2, 0.25) is 0 Å². The minimum Gasteiger partial charge on any atom is -0.462 e. The van der Waals surface area contributed by atoms with Crippen LogP contribution in [0.4, 0.5) is 0 Å². The summed E-state index contributed by atoms with van der Waals surface area (Å²) in [4.78, 5) is 22.0. The maximum absolute atomic E-state index is 11.1. The molecule has 0 bridgehead atoms. The second-order valence-electron chi connectivity index (χ2n) is 4.56. The van der Waals surface area contributed by atoms with Gasteiger partial charge in [0, 0.05) is 6.42 Å². The molecule has 1 rings (SSSR count). The summed E-state index contributed by atoms with van der Waals surface area (Å²) in [6.45, 7) is 5.58. The van der Waals surface area contributed by atoms with Crippen molar-refractivity contribution in [3.05, 3.63) is 0 Å². The van der Waals surface area contributed by atoms with Gasteiger partial charge in [0.1, 0.15) is 11.9 Å². The number of rotatable bonds is 2. The Balaban J connectivity index is 2.57. The third-order valence-corrected chi connectivity index (χ3v) is 2.22. The van der Waals surface area contributed by atoms with Crippen molar-refractivity contribution in [2.75, 3.05) is 0 Å². The van der Waals surface area contributed by atoms with Crippen molar-refractivity contribution in [2.45, 2.75) is 46.1 Å². The first-order chi connectivity index (χ1) is 5.89. The molecule has 1 heterocycles. The number of cyclic esters (lactones) is 1. The lowest BCUT2D eigenvalue weighted by atomic mass is 9.80. The highest BCUT2D eigenvalue weighted by atomic mass is 16.5. The van der Waals surface area contributed by atoms with E-state index in [2.05, 4.69) is 0 Å². The Bertz CT molecular complexity index is 228. The number of hydrogen-bond donors (Lipinski definition) is 0. The number of carbonyl (C=O) groups excluding carboxylic acids is 2. The fourth-order valence-corrected chi connectivity index (χ4v) is 1.78. The average molecular weight is 184 g/mol. The second-order valence-corrected chi connectivity index (χ2v) is 4.56. The Morgan fingerprint density at radius 1 is 1.62 bits per heavy atom. The van der Waals surface area contributed by atoms with E-state index in [1.165, 1.54) is 6.92 Å². The zero-order valence-corrected chi connectivity index (χ0v) is 8.42. The van der Waals surface area contributed by atoms with E-state index in [4.69, 9.17) is 4.74 Å². The Morgan fingerprint density at radius 2 is 2.23 bits per heavy atom. The lowest BCUT2D eigenvalue weighted by Crippen LogP contribution is -2.35. The van der Waals surface area contributed by atoms with Gasteiger partial charge in [-0.3, -0.25) is 9.59 Å². The highest BCUT2D eigenvalue weighted by Crippen LogP contribution is 2.33. The van der Waals surface area contributed by atoms with E-state index in [-0.39, 0.29) is 23.3 Å². The van der Waals surface area contributed by atoms with Crippen LogP contribution < -0.4 is 0 Å². The van der Waals surface area contributed by atoms with E-state index >= 15 is 0 Å². The predicted molar refractivity (Wildman–Crippen MR) is 48.2 cm³/mol. The molecule has 1 atom stereocenters. The average Bonchev–Trinajstić information content (AvgIpc) is 1.78. The van der Waals surface area contributed by atoms with Crippen LogP contribution in [0.1, 0.15) is 40.0 Å². The maximum atomic E-state index is 11.1. The Hall–Kier alpha value is -0.860. The lowest BCUT2D eigenvalue weighted by molar-refractivity contribution is -0.161. The minimum atomic E-state index is -0.200. The molecule has 1 aliphatic rings. The highest BCUT2D eigenvalue weighted by Gasteiger charge is 2.34. The second kappa shape index (κ2) is 3.48. The van der Waals surface area contributed by atoms with E-state index in [1.54, 1.807) is 0 Å². The molecular weight excluding hydrogens is 168 g/mol. The van der Waals surface area contributed by atoms with E-state index in [0.29, 0.717) is 12.8 Å². The first-order valence-corrected chi connectivity index (χ1v) is 4.58. The van der Waals surface area contributed by atoms with E-state index in [1.807, 2.05) is 13.8 Å². The molecule has 1 aliphatic heterocycles. The third-order valence-electron chi connectivity index (χ3n) is 2.22. The van der Waals surface area contributed by atoms with Gasteiger partial charge in [-0.1, -0.05) is 13.8 Å². The molecule has 1 fully saturated rings. The van der Waals surface area contributed by atoms with Crippen molar-refractivity contribution in [2.24, 2.45) is 5.41 Å². The van der Waals surface area contributed by atoms with Gasteiger partial charge in [0.15, 0.2) is 0 Å². The molecule has 0 amide bonds. The number of carbonyl (C=O) groups is 2. The van der Waals surface area contributed by atoms with Crippen LogP contribution in [0.15, 0.2) is 0 Å². The molecule has 3 nitrogen and oxygen atoms in total. The van der Waals surface area contributed by atoms with Crippen LogP contribution in [-0.4, -0.2) is 17.9 Å². The van der Waals surface area contributed by atoms with Crippen LogP contribution in [0.3, 0.4) is 0 Å². The SMILES string of the molecule is CC(=O)CC1CC(C)(C)CC(=O)O1. The maximum Gasteiger partial charge on any atom is 0.306 e. The smallest absolute Gasteiger partial charge is 0.306 e. The minimum absolute atomic E-state index is 0.0184. The quantitative estimate of drug-likeness (QED) is 0.613. The number of ether oxygens (including phenoxy) is 1. The van der Waals surface area contributed by atoms with Crippen LogP contribution in [-0.2, 0) is 14.3 Å². The first-order valence-electron chi connectivity index (χ1n) is 4.58. The van der Waals surface area contributed by atoms with Crippen molar-refractivity contribution in [3.8, 4) is 0 Å². The molecule has 1 unspecified atom stereocenters. The molecular formula is C10H16O3. The zero-order valence-electron chi connectivity index (χ0n) is 8.42. The molecule has 3 heteroatoms. The molecule has 0 aromatic carbocycles. The summed E-state index contributed by atoms with van der Waals surface area (Å²) in [5.74, 6) is -0.0991. The summed E-state index contributed by atoms with van der Waals surface area (Å²) in [5.41, 5.74) is -0.0184. The lowest BCUT2D eigenvalue weighted by Gasteiger charge is -2.33. The van der Waals surface area contributed by atoms with Crippen LogP contribution in [0, 0.1) is 5.41 Å². The summed E-state index contributed by atoms with van der Waals surface area (Å²) < 4.78 is 5.07. The molecule has 0 aliphatic carbocycles. The highest BCUT2D eigenvalue weighted by molar-refractivity contribution is 5.77. The van der Waals surface area contributed by atoms with Gasteiger partial charge in [0.25, 0.3) is 0 Å². The van der Waals surface area contributed by atoms with E-state index in [9.17, 15) is 9.59 Å². The summed E-state index contributed by atoms with van der Waals surface area (Å²) >= 11 is 0. The zero-order chi connectivity index (χ0) is 10.1. The summed E-state index contributed by atoms with van der Waals surface area (Å²) in [7, 11) is 0. The predicted octanol–water partition coefficient (Wildman–Crippen LogP) is 1.70. The molecule has 0 radical (unpaired) electrons. The first kappa shape index (κ1) is 10.2. The number of hydrogen-bond acceptors (Lipinski definition) is 3. The topological polar surface area (TPSA) is 43.4 Å². The van der Waals surface area contributed by atoms with Gasteiger partial charge in [-0.05, 0) is 18.8 Å². The fraction of sp³-hybridized carbons (Fsp3) is 0.800. The summed E-state index contributed by atoms with van der Waals surface area (Å²) in [6, 6.07) is 0. The van der Waals surface area contributed by atoms with Gasteiger partial charge in [0.05, 0.1) is 6.42 Å². The number of ketones is 1. The Kier molecular flexibility index (Phi) is 2.74. The molecule has 13 heavy (non-hydrogen) atoms. The van der Waals surface area contributed by atoms with Crippen LogP contribution in [0.25, 0.3) is 0 Å². The van der Waals surface area contributed by atoms with E-state index < -0.39 is 0 Å². The van der Waals surface area contributed by atoms with Crippen molar-refractivity contribution in [1.29, 1.82) is 0 Å². The van der Waals surface area contributed by atoms with Crippen molar-refractivity contribution < 1.29 is 14.3 Å². The molecule has 0 saturated carbocycles. The molecule has 0 spiro atoms. The molecule has 74 valence electrons. The van der Waals surface area contributed by atoms with Crippen molar-refractivity contribution in [3.63, 3.8) is 0 Å². The molecule has 1 saturated heterocycles. The Morgan fingerprint density at radius 3 is 2.69 bits per heavy atom. The standard InChI is InChI=1S/C10H16O3/c1-7(11)4-8-5-10(2,3)6-9(12)13-8/h8H,4-6H2,1-3H3. The van der Waals surface area contributed by atoms with Gasteiger partial charge in [-0.15, -0.1) is 0 Å². The Labute approximate surface area is 78.5 Å². The summed E-state index contributed by atoms with van der Waals surface area (Å²) in [6.07, 6.45) is 1.41. The van der Waals surface area contributed by atoms with Gasteiger partial charge in [-0.25, -0.2) is 0 Å². The van der Waals surface area contributed by atoms with Gasteiger partial charge < -0.3 is 4.74 Å². The molecule has 0 aromatic rings. The van der Waals surface area contributed by atoms with Gasteiger partial charge >= 0.3 is 5.97 Å². The van der Waals surface area contributed by atoms with Gasteiger partial charge in [-0.2, -0.15) is 0 Å². The van der Waals surface area contributed by atoms with Crippen molar-refractivity contribution in [1.82, 2.24) is 0 Å². The fourth-order valence-electron chi connectivity index (χ4n) is 1.78. The van der Waals surface area contributed by atoms with E-state index in [0.717, 1.165) is 6.42 Å². The molecule has 0 aromatic heterocycles. The van der Waals surface area contributed by atoms with Crippen molar-refractivity contribution >= 4 is 11.8 Å². The number of Topliss-reactive ketones (excluding diaryl/α,β-unsaturated/α-hetero) is 1. The monoisotopic (exact) mass is 184 g/mol. The molecule has 0 N–H and O–H groups in total. The number of esters is 1. The van der Waals surface area contributed by atoms with Crippen LogP contribution >= 0.6 is 0 Å². The summed E-state index contributed by atoms with van der Waals surface area (Å²) in [5, 5.41) is 0. The largest absolute Gasteiger partial charge is 0.462 e. The third kappa shape index (κ3) is 3.17. The van der Waals surface area contributed by atoms with Gasteiger partial charge in [0.2, 0.25) is 0 Å². The van der Waals surface area contributed by atoms with Crippen LogP contribution in [0.5, 0.6) is 0 Å².